The lowest BCUT2D eigenvalue weighted by Gasteiger charge is -2.11. The Bertz CT molecular complexity index is 977. The fourth-order valence-electron chi connectivity index (χ4n) is 2.51. The zero-order valence-corrected chi connectivity index (χ0v) is 15.9. The fraction of sp³-hybridized carbons (Fsp3) is 0.167. The van der Waals surface area contributed by atoms with Gasteiger partial charge >= 0.3 is 6.18 Å². The number of halogens is 4. The molecule has 0 fully saturated rings. The van der Waals surface area contributed by atoms with Crippen molar-refractivity contribution in [3.8, 4) is 22.1 Å². The molecular formula is C18H11ClF3NO2S2. The highest BCUT2D eigenvalue weighted by Crippen LogP contribution is 2.40. The van der Waals surface area contributed by atoms with Crippen molar-refractivity contribution in [1.82, 2.24) is 4.98 Å². The van der Waals surface area contributed by atoms with Crippen molar-refractivity contribution in [2.45, 2.75) is 17.0 Å². The number of hydrogen-bond acceptors (Lipinski definition) is 5. The molecule has 3 aromatic rings. The maximum atomic E-state index is 13.3. The fourth-order valence-corrected chi connectivity index (χ4v) is 4.42. The average molecular weight is 430 g/mol. The molecule has 0 saturated heterocycles. The Kier molecular flexibility index (Phi) is 4.96. The van der Waals surface area contributed by atoms with Crippen molar-refractivity contribution in [2.24, 2.45) is 0 Å². The van der Waals surface area contributed by atoms with Crippen molar-refractivity contribution in [1.29, 1.82) is 0 Å². The average Bonchev–Trinajstić information content (AvgIpc) is 3.30. The van der Waals surface area contributed by atoms with E-state index in [0.29, 0.717) is 32.8 Å². The van der Waals surface area contributed by atoms with Crippen LogP contribution in [0.15, 0.2) is 46.8 Å². The lowest BCUT2D eigenvalue weighted by molar-refractivity contribution is -0.137. The normalized spacial score (nSPS) is 13.2. The van der Waals surface area contributed by atoms with Gasteiger partial charge in [0, 0.05) is 16.8 Å². The van der Waals surface area contributed by atoms with Crippen LogP contribution >= 0.6 is 34.7 Å². The van der Waals surface area contributed by atoms with Crippen molar-refractivity contribution in [3.05, 3.63) is 57.9 Å². The minimum absolute atomic E-state index is 0.127. The number of thioether (sulfide) groups is 1. The first-order chi connectivity index (χ1) is 12.9. The number of alkyl halides is 3. The number of thiophene rings is 1. The highest BCUT2D eigenvalue weighted by atomic mass is 35.5. The molecule has 3 nitrogen and oxygen atoms in total. The summed E-state index contributed by atoms with van der Waals surface area (Å²) >= 11 is 8.77. The molecule has 0 radical (unpaired) electrons. The Morgan fingerprint density at radius 3 is 2.63 bits per heavy atom. The summed E-state index contributed by atoms with van der Waals surface area (Å²) in [4.78, 5) is 5.07. The summed E-state index contributed by atoms with van der Waals surface area (Å²) in [6.07, 6.45) is -4.44. The lowest BCUT2D eigenvalue weighted by Crippen LogP contribution is -2.06. The van der Waals surface area contributed by atoms with Gasteiger partial charge in [-0.2, -0.15) is 13.2 Å². The molecule has 0 spiro atoms. The maximum absolute atomic E-state index is 13.3. The number of rotatable bonds is 4. The van der Waals surface area contributed by atoms with E-state index in [4.69, 9.17) is 21.1 Å². The van der Waals surface area contributed by atoms with Gasteiger partial charge in [-0.3, -0.25) is 0 Å². The molecule has 0 aliphatic carbocycles. The summed E-state index contributed by atoms with van der Waals surface area (Å²) in [5.41, 5.74) is 0.321. The smallest absolute Gasteiger partial charge is 0.416 e. The van der Waals surface area contributed by atoms with Crippen LogP contribution < -0.4 is 9.47 Å². The number of nitrogens with zero attached hydrogens (tertiary/aromatic N) is 1. The molecule has 0 saturated carbocycles. The van der Waals surface area contributed by atoms with Gasteiger partial charge in [0.2, 0.25) is 6.79 Å². The number of benzene rings is 1. The van der Waals surface area contributed by atoms with E-state index in [9.17, 15) is 13.2 Å². The topological polar surface area (TPSA) is 31.4 Å². The summed E-state index contributed by atoms with van der Waals surface area (Å²) in [5, 5.41) is 2.55. The molecule has 1 aliphatic heterocycles. The third-order valence-electron chi connectivity index (χ3n) is 3.82. The first-order valence-corrected chi connectivity index (χ1v) is 9.98. The molecule has 9 heteroatoms. The molecule has 27 heavy (non-hydrogen) atoms. The summed E-state index contributed by atoms with van der Waals surface area (Å²) in [6, 6.07) is 9.05. The van der Waals surface area contributed by atoms with Gasteiger partial charge in [-0.25, -0.2) is 4.98 Å². The Hall–Kier alpha value is -1.90. The van der Waals surface area contributed by atoms with Crippen LogP contribution in [0.5, 0.6) is 11.5 Å². The molecule has 1 aliphatic rings. The first-order valence-electron chi connectivity index (χ1n) is 7.74. The van der Waals surface area contributed by atoms with Gasteiger partial charge in [0.15, 0.2) is 11.5 Å². The van der Waals surface area contributed by atoms with Gasteiger partial charge in [-0.1, -0.05) is 17.7 Å². The zero-order valence-electron chi connectivity index (χ0n) is 13.5. The minimum Gasteiger partial charge on any atom is -0.454 e. The molecule has 2 aromatic heterocycles. The van der Waals surface area contributed by atoms with E-state index < -0.39 is 11.7 Å². The van der Waals surface area contributed by atoms with Crippen molar-refractivity contribution < 1.29 is 22.6 Å². The first kappa shape index (κ1) is 18.5. The van der Waals surface area contributed by atoms with Crippen molar-refractivity contribution in [2.75, 3.05) is 6.79 Å². The van der Waals surface area contributed by atoms with Gasteiger partial charge in [-0.15, -0.1) is 23.1 Å². The molecule has 0 atom stereocenters. The molecule has 3 heterocycles. The second kappa shape index (κ2) is 7.26. The van der Waals surface area contributed by atoms with Crippen LogP contribution in [0.2, 0.25) is 5.02 Å². The number of ether oxygens (including phenoxy) is 2. The summed E-state index contributed by atoms with van der Waals surface area (Å²) in [5.74, 6) is 1.49. The summed E-state index contributed by atoms with van der Waals surface area (Å²) in [7, 11) is 0. The third-order valence-corrected chi connectivity index (χ3v) is 6.02. The maximum Gasteiger partial charge on any atom is 0.416 e. The highest BCUT2D eigenvalue weighted by Gasteiger charge is 2.32. The number of hydrogen-bond donors (Lipinski definition) is 0. The molecule has 1 aromatic carbocycles. The molecule has 0 unspecified atom stereocenters. The van der Waals surface area contributed by atoms with Crippen LogP contribution in [0.4, 0.5) is 13.2 Å². The summed E-state index contributed by atoms with van der Waals surface area (Å²) in [6.45, 7) is 0.127. The Morgan fingerprint density at radius 2 is 1.93 bits per heavy atom. The van der Waals surface area contributed by atoms with E-state index in [-0.39, 0.29) is 11.8 Å². The van der Waals surface area contributed by atoms with E-state index >= 15 is 0 Å². The Balaban J connectivity index is 1.63. The number of pyridine rings is 1. The van der Waals surface area contributed by atoms with Gasteiger partial charge in [0.1, 0.15) is 0 Å². The van der Waals surface area contributed by atoms with Crippen molar-refractivity contribution >= 4 is 34.7 Å². The van der Waals surface area contributed by atoms with Crippen LogP contribution in [-0.2, 0) is 11.9 Å². The molecule has 140 valence electrons. The highest BCUT2D eigenvalue weighted by molar-refractivity contribution is 7.98. The lowest BCUT2D eigenvalue weighted by atomic mass is 10.2. The third kappa shape index (κ3) is 4.02. The van der Waals surface area contributed by atoms with E-state index in [1.807, 2.05) is 0 Å². The Morgan fingerprint density at radius 1 is 1.15 bits per heavy atom. The van der Waals surface area contributed by atoms with Gasteiger partial charge in [0.05, 0.1) is 21.2 Å². The van der Waals surface area contributed by atoms with Gasteiger partial charge in [-0.05, 0) is 35.2 Å². The van der Waals surface area contributed by atoms with Crippen LogP contribution in [0.3, 0.4) is 0 Å². The van der Waals surface area contributed by atoms with E-state index in [2.05, 4.69) is 4.98 Å². The van der Waals surface area contributed by atoms with Crippen molar-refractivity contribution in [3.63, 3.8) is 0 Å². The molecule has 0 bridgehead atoms. The zero-order chi connectivity index (χ0) is 19.0. The number of aromatic nitrogens is 1. The molecule has 0 amide bonds. The molecule has 0 N–H and O–H groups in total. The predicted molar refractivity (Wildman–Crippen MR) is 99.7 cm³/mol. The van der Waals surface area contributed by atoms with E-state index in [0.717, 1.165) is 17.7 Å². The predicted octanol–water partition coefficient (Wildman–Crippen LogP) is 6.50. The van der Waals surface area contributed by atoms with E-state index in [1.165, 1.54) is 23.1 Å². The van der Waals surface area contributed by atoms with Gasteiger partial charge in [0.25, 0.3) is 0 Å². The molecule has 4 rings (SSSR count). The largest absolute Gasteiger partial charge is 0.454 e. The van der Waals surface area contributed by atoms with Crippen LogP contribution in [0.1, 0.15) is 11.1 Å². The standard InChI is InChI=1S/C18H11ClF3NO2S2/c19-12-7-15-14(24-9-25-15)4-10(12)8-27-17-6-11(18(20,21)22)5-13(23-17)16-2-1-3-26-16/h1-7H,8-9H2. The second-order valence-corrected chi connectivity index (χ2v) is 7.99. The minimum atomic E-state index is -4.44. The second-order valence-electron chi connectivity index (χ2n) is 5.64. The quantitative estimate of drug-likeness (QED) is 0.443. The van der Waals surface area contributed by atoms with Crippen LogP contribution in [0.25, 0.3) is 10.6 Å². The number of fused-ring (bicyclic) bond motifs is 1. The van der Waals surface area contributed by atoms with Crippen LogP contribution in [0, 0.1) is 0 Å². The summed E-state index contributed by atoms with van der Waals surface area (Å²) < 4.78 is 50.4. The van der Waals surface area contributed by atoms with Crippen LogP contribution in [-0.4, -0.2) is 11.8 Å². The van der Waals surface area contributed by atoms with E-state index in [1.54, 1.807) is 29.6 Å². The Labute approximate surface area is 166 Å². The monoisotopic (exact) mass is 429 g/mol. The molecular weight excluding hydrogens is 419 g/mol. The van der Waals surface area contributed by atoms with Gasteiger partial charge < -0.3 is 9.47 Å². The SMILES string of the molecule is FC(F)(F)c1cc(SCc2cc3c(cc2Cl)OCO3)nc(-c2cccs2)c1.